The predicted octanol–water partition coefficient (Wildman–Crippen LogP) is -1.07. The molecule has 0 saturated carbocycles. The van der Waals surface area contributed by atoms with Crippen molar-refractivity contribution in [3.63, 3.8) is 0 Å². The zero-order valence-electron chi connectivity index (χ0n) is 10.00. The van der Waals surface area contributed by atoms with Gasteiger partial charge in [-0.05, 0) is 12.5 Å². The minimum atomic E-state index is -1.01. The van der Waals surface area contributed by atoms with Crippen LogP contribution >= 0.6 is 0 Å². The summed E-state index contributed by atoms with van der Waals surface area (Å²) in [5.74, 6) is -2.35. The van der Waals surface area contributed by atoms with Gasteiger partial charge in [0.1, 0.15) is 12.1 Å². The summed E-state index contributed by atoms with van der Waals surface area (Å²) in [5, 5.41) is 13.4. The van der Waals surface area contributed by atoms with E-state index in [2.05, 4.69) is 10.6 Å². The number of nitrogens with one attached hydrogen (secondary N) is 2. The standard InChI is InChI=1S/C11H14N2O6/c14-7-2-1-6(10(17)13-7)11-18-4-3-8(19-11)12-5-9(15)16/h3-4,6,8,11-12H,1-2,5H2,(H,15,16)(H,13,14,17). The smallest absolute Gasteiger partial charge is 0.317 e. The monoisotopic (exact) mass is 270 g/mol. The number of hydrogen-bond donors (Lipinski definition) is 3. The average molecular weight is 270 g/mol. The summed E-state index contributed by atoms with van der Waals surface area (Å²) in [6.07, 6.45) is 1.97. The maximum Gasteiger partial charge on any atom is 0.317 e. The molecule has 3 N–H and O–H groups in total. The largest absolute Gasteiger partial charge is 0.480 e. The Kier molecular flexibility index (Phi) is 4.13. The molecule has 8 heteroatoms. The van der Waals surface area contributed by atoms with Crippen molar-refractivity contribution in [2.45, 2.75) is 25.4 Å². The predicted molar refractivity (Wildman–Crippen MR) is 60.4 cm³/mol. The Balaban J connectivity index is 1.91. The zero-order chi connectivity index (χ0) is 13.8. The van der Waals surface area contributed by atoms with Gasteiger partial charge in [-0.1, -0.05) is 0 Å². The molecule has 2 heterocycles. The molecule has 0 aromatic rings. The summed E-state index contributed by atoms with van der Waals surface area (Å²) in [6, 6.07) is 0. The number of carbonyl (C=O) groups excluding carboxylic acids is 2. The number of imide groups is 1. The van der Waals surface area contributed by atoms with E-state index in [1.165, 1.54) is 12.3 Å². The molecule has 0 aromatic carbocycles. The molecular weight excluding hydrogens is 256 g/mol. The van der Waals surface area contributed by atoms with E-state index in [9.17, 15) is 14.4 Å². The maximum absolute atomic E-state index is 11.6. The van der Waals surface area contributed by atoms with Crippen LogP contribution in [0.15, 0.2) is 12.3 Å². The zero-order valence-corrected chi connectivity index (χ0v) is 10.00. The third-order valence-corrected chi connectivity index (χ3v) is 2.81. The third kappa shape index (κ3) is 3.52. The molecule has 2 aliphatic heterocycles. The van der Waals surface area contributed by atoms with E-state index in [1.54, 1.807) is 0 Å². The maximum atomic E-state index is 11.6. The summed E-state index contributed by atoms with van der Waals surface area (Å²) < 4.78 is 10.6. The highest BCUT2D eigenvalue weighted by atomic mass is 16.7. The Labute approximate surface area is 108 Å². The van der Waals surface area contributed by atoms with E-state index < -0.39 is 30.3 Å². The van der Waals surface area contributed by atoms with E-state index in [-0.39, 0.29) is 18.9 Å². The highest BCUT2D eigenvalue weighted by molar-refractivity contribution is 5.98. The van der Waals surface area contributed by atoms with Gasteiger partial charge in [-0.3, -0.25) is 25.0 Å². The number of piperidine rings is 1. The van der Waals surface area contributed by atoms with Gasteiger partial charge in [0.2, 0.25) is 18.1 Å². The molecule has 104 valence electrons. The van der Waals surface area contributed by atoms with E-state index in [0.29, 0.717) is 6.42 Å². The van der Waals surface area contributed by atoms with Gasteiger partial charge in [-0.2, -0.15) is 0 Å². The summed E-state index contributed by atoms with van der Waals surface area (Å²) >= 11 is 0. The molecule has 2 amide bonds. The molecule has 1 saturated heterocycles. The van der Waals surface area contributed by atoms with Crippen LogP contribution in [0, 0.1) is 5.92 Å². The van der Waals surface area contributed by atoms with Crippen LogP contribution in [-0.4, -0.2) is 42.0 Å². The van der Waals surface area contributed by atoms with Crippen molar-refractivity contribution in [3.05, 3.63) is 12.3 Å². The SMILES string of the molecule is O=C(O)CNC1C=COC(C2CCC(=O)NC2=O)O1. The van der Waals surface area contributed by atoms with Crippen LogP contribution in [0.1, 0.15) is 12.8 Å². The van der Waals surface area contributed by atoms with Gasteiger partial charge < -0.3 is 14.6 Å². The topological polar surface area (TPSA) is 114 Å². The molecule has 0 aliphatic carbocycles. The van der Waals surface area contributed by atoms with Crippen molar-refractivity contribution in [2.24, 2.45) is 5.92 Å². The second kappa shape index (κ2) is 5.81. The molecule has 0 bridgehead atoms. The Morgan fingerprint density at radius 1 is 1.53 bits per heavy atom. The average Bonchev–Trinajstić information content (AvgIpc) is 2.36. The van der Waals surface area contributed by atoms with Crippen molar-refractivity contribution in [2.75, 3.05) is 6.54 Å². The van der Waals surface area contributed by atoms with Gasteiger partial charge in [-0.25, -0.2) is 0 Å². The lowest BCUT2D eigenvalue weighted by Crippen LogP contribution is -2.49. The summed E-state index contributed by atoms with van der Waals surface area (Å²) in [5.41, 5.74) is 0. The molecule has 2 rings (SSSR count). The second-order valence-electron chi connectivity index (χ2n) is 4.22. The molecule has 1 fully saturated rings. The number of rotatable bonds is 4. The Hall–Kier alpha value is -1.93. The molecule has 2 aliphatic rings. The quantitative estimate of drug-likeness (QED) is 0.557. The lowest BCUT2D eigenvalue weighted by Gasteiger charge is -2.32. The van der Waals surface area contributed by atoms with Gasteiger partial charge in [0.05, 0.1) is 12.8 Å². The first-order chi connectivity index (χ1) is 9.06. The molecule has 0 spiro atoms. The normalized spacial score (nSPS) is 30.6. The first-order valence-corrected chi connectivity index (χ1v) is 5.83. The fourth-order valence-electron chi connectivity index (χ4n) is 1.88. The first-order valence-electron chi connectivity index (χ1n) is 5.83. The number of ether oxygens (including phenoxy) is 2. The fraction of sp³-hybridized carbons (Fsp3) is 0.545. The van der Waals surface area contributed by atoms with E-state index in [0.717, 1.165) is 0 Å². The van der Waals surface area contributed by atoms with Crippen molar-refractivity contribution in [1.82, 2.24) is 10.6 Å². The molecule has 3 atom stereocenters. The van der Waals surface area contributed by atoms with E-state index in [4.69, 9.17) is 14.6 Å². The molecule has 0 radical (unpaired) electrons. The lowest BCUT2D eigenvalue weighted by atomic mass is 9.97. The molecule has 0 aromatic heterocycles. The summed E-state index contributed by atoms with van der Waals surface area (Å²) in [7, 11) is 0. The number of aliphatic carboxylic acids is 1. The van der Waals surface area contributed by atoms with Crippen LogP contribution in [0.2, 0.25) is 0 Å². The van der Waals surface area contributed by atoms with Gasteiger partial charge in [0, 0.05) is 6.42 Å². The van der Waals surface area contributed by atoms with Crippen molar-refractivity contribution < 1.29 is 29.0 Å². The summed E-state index contributed by atoms with van der Waals surface area (Å²) in [6.45, 7) is -0.267. The number of carboxylic acid groups (broad SMARTS) is 1. The van der Waals surface area contributed by atoms with Gasteiger partial charge in [0.25, 0.3) is 0 Å². The molecule has 3 unspecified atom stereocenters. The minimum absolute atomic E-state index is 0.233. The van der Waals surface area contributed by atoms with Gasteiger partial charge >= 0.3 is 5.97 Å². The highest BCUT2D eigenvalue weighted by Gasteiger charge is 2.37. The van der Waals surface area contributed by atoms with E-state index >= 15 is 0 Å². The Morgan fingerprint density at radius 3 is 3.00 bits per heavy atom. The fourth-order valence-corrected chi connectivity index (χ4v) is 1.88. The second-order valence-corrected chi connectivity index (χ2v) is 4.22. The van der Waals surface area contributed by atoms with Crippen molar-refractivity contribution in [3.8, 4) is 0 Å². The molecule has 8 nitrogen and oxygen atoms in total. The molecular formula is C11H14N2O6. The van der Waals surface area contributed by atoms with Crippen LogP contribution in [0.5, 0.6) is 0 Å². The minimum Gasteiger partial charge on any atom is -0.480 e. The number of hydrogen-bond acceptors (Lipinski definition) is 6. The van der Waals surface area contributed by atoms with Gasteiger partial charge in [-0.15, -0.1) is 0 Å². The van der Waals surface area contributed by atoms with Crippen LogP contribution in [0.3, 0.4) is 0 Å². The first kappa shape index (κ1) is 13.5. The Morgan fingerprint density at radius 2 is 2.32 bits per heavy atom. The van der Waals surface area contributed by atoms with Crippen molar-refractivity contribution >= 4 is 17.8 Å². The van der Waals surface area contributed by atoms with Gasteiger partial charge in [0.15, 0.2) is 0 Å². The van der Waals surface area contributed by atoms with Crippen LogP contribution in [0.25, 0.3) is 0 Å². The van der Waals surface area contributed by atoms with Crippen LogP contribution < -0.4 is 10.6 Å². The number of carbonyl (C=O) groups is 3. The highest BCUT2D eigenvalue weighted by Crippen LogP contribution is 2.23. The van der Waals surface area contributed by atoms with E-state index in [1.807, 2.05) is 0 Å². The summed E-state index contributed by atoms with van der Waals surface area (Å²) in [4.78, 5) is 33.1. The number of carboxylic acids is 1. The van der Waals surface area contributed by atoms with Crippen molar-refractivity contribution in [1.29, 1.82) is 0 Å². The third-order valence-electron chi connectivity index (χ3n) is 2.81. The molecule has 19 heavy (non-hydrogen) atoms. The van der Waals surface area contributed by atoms with Crippen LogP contribution in [0.4, 0.5) is 0 Å². The Bertz CT molecular complexity index is 421. The van der Waals surface area contributed by atoms with Crippen LogP contribution in [-0.2, 0) is 23.9 Å². The number of amides is 2. The lowest BCUT2D eigenvalue weighted by molar-refractivity contribution is -0.189.